The van der Waals surface area contributed by atoms with Crippen LogP contribution < -0.4 is 10.6 Å². The summed E-state index contributed by atoms with van der Waals surface area (Å²) in [5.41, 5.74) is 4.45. The summed E-state index contributed by atoms with van der Waals surface area (Å²) in [5, 5.41) is 6.28. The molecule has 156 valence electrons. The molecule has 29 heavy (non-hydrogen) atoms. The van der Waals surface area contributed by atoms with Crippen molar-refractivity contribution in [1.29, 1.82) is 0 Å². The SMILES string of the molecule is COC[C@@H]1CCN(Cc2nc3cc(C)c4c(c3o2)C2(CCCCC2)NC(=O)N4)C1. The van der Waals surface area contributed by atoms with Gasteiger partial charge in [0.1, 0.15) is 5.52 Å². The van der Waals surface area contributed by atoms with E-state index in [9.17, 15) is 4.79 Å². The van der Waals surface area contributed by atoms with Gasteiger partial charge >= 0.3 is 6.03 Å². The maximum Gasteiger partial charge on any atom is 0.319 e. The third-order valence-electron chi connectivity index (χ3n) is 6.83. The number of anilines is 1. The lowest BCUT2D eigenvalue weighted by atomic mass is 9.74. The van der Waals surface area contributed by atoms with Gasteiger partial charge in [-0.05, 0) is 50.3 Å². The van der Waals surface area contributed by atoms with Gasteiger partial charge in [0.05, 0.1) is 24.4 Å². The summed E-state index contributed by atoms with van der Waals surface area (Å²) in [6.07, 6.45) is 6.51. The number of likely N-dealkylation sites (tertiary alicyclic amines) is 1. The van der Waals surface area contributed by atoms with Crippen molar-refractivity contribution in [3.05, 3.63) is 23.1 Å². The molecule has 7 nitrogen and oxygen atoms in total. The third-order valence-corrected chi connectivity index (χ3v) is 6.83. The minimum Gasteiger partial charge on any atom is -0.439 e. The number of benzene rings is 1. The van der Waals surface area contributed by atoms with Crippen molar-refractivity contribution < 1.29 is 13.9 Å². The van der Waals surface area contributed by atoms with Gasteiger partial charge in [-0.15, -0.1) is 0 Å². The van der Waals surface area contributed by atoms with E-state index in [0.717, 1.165) is 92.1 Å². The second-order valence-electron chi connectivity index (χ2n) is 8.97. The van der Waals surface area contributed by atoms with Gasteiger partial charge in [-0.2, -0.15) is 0 Å². The topological polar surface area (TPSA) is 79.6 Å². The lowest BCUT2D eigenvalue weighted by Crippen LogP contribution is -2.52. The number of amides is 2. The fourth-order valence-electron chi connectivity index (χ4n) is 5.50. The minimum absolute atomic E-state index is 0.108. The van der Waals surface area contributed by atoms with Crippen molar-refractivity contribution in [1.82, 2.24) is 15.2 Å². The van der Waals surface area contributed by atoms with E-state index in [-0.39, 0.29) is 11.6 Å². The van der Waals surface area contributed by atoms with Gasteiger partial charge in [0.25, 0.3) is 0 Å². The zero-order valence-electron chi connectivity index (χ0n) is 17.3. The predicted molar refractivity (Wildman–Crippen MR) is 111 cm³/mol. The summed E-state index contributed by atoms with van der Waals surface area (Å²) < 4.78 is 11.7. The Morgan fingerprint density at radius 3 is 2.97 bits per heavy atom. The van der Waals surface area contributed by atoms with Gasteiger partial charge in [-0.3, -0.25) is 4.90 Å². The number of oxazole rings is 1. The van der Waals surface area contributed by atoms with Crippen molar-refractivity contribution in [3.8, 4) is 0 Å². The first kappa shape index (κ1) is 18.9. The Morgan fingerprint density at radius 1 is 1.34 bits per heavy atom. The zero-order valence-corrected chi connectivity index (χ0v) is 17.3. The molecule has 1 saturated heterocycles. The number of nitrogens with zero attached hydrogens (tertiary/aromatic N) is 2. The van der Waals surface area contributed by atoms with Gasteiger partial charge in [0.2, 0.25) is 5.89 Å². The summed E-state index contributed by atoms with van der Waals surface area (Å²) >= 11 is 0. The Balaban J connectivity index is 1.52. The van der Waals surface area contributed by atoms with Crippen LogP contribution in [-0.2, 0) is 16.8 Å². The van der Waals surface area contributed by atoms with Crippen LogP contribution in [0.25, 0.3) is 11.1 Å². The lowest BCUT2D eigenvalue weighted by molar-refractivity contribution is 0.151. The molecule has 2 fully saturated rings. The van der Waals surface area contributed by atoms with Crippen molar-refractivity contribution in [2.75, 3.05) is 32.1 Å². The van der Waals surface area contributed by atoms with Crippen molar-refractivity contribution in [3.63, 3.8) is 0 Å². The second-order valence-corrected chi connectivity index (χ2v) is 8.97. The van der Waals surface area contributed by atoms with Crippen molar-refractivity contribution in [2.24, 2.45) is 5.92 Å². The monoisotopic (exact) mass is 398 g/mol. The van der Waals surface area contributed by atoms with Crippen LogP contribution in [0, 0.1) is 12.8 Å². The Morgan fingerprint density at radius 2 is 2.17 bits per heavy atom. The molecule has 3 aliphatic rings. The smallest absolute Gasteiger partial charge is 0.319 e. The minimum atomic E-state index is -0.339. The predicted octanol–water partition coefficient (Wildman–Crippen LogP) is 3.90. The molecule has 1 aromatic heterocycles. The van der Waals surface area contributed by atoms with Crippen molar-refractivity contribution >= 4 is 22.8 Å². The molecule has 7 heteroatoms. The van der Waals surface area contributed by atoms with E-state index >= 15 is 0 Å². The number of rotatable bonds is 4. The van der Waals surface area contributed by atoms with Crippen LogP contribution in [0.15, 0.2) is 10.5 Å². The first-order valence-corrected chi connectivity index (χ1v) is 10.8. The molecule has 0 bridgehead atoms. The van der Waals surface area contributed by atoms with Gasteiger partial charge in [0, 0.05) is 19.2 Å². The zero-order chi connectivity index (χ0) is 20.0. The highest BCUT2D eigenvalue weighted by Gasteiger charge is 2.43. The molecule has 1 spiro atoms. The summed E-state index contributed by atoms with van der Waals surface area (Å²) in [6.45, 7) is 5.64. The van der Waals surface area contributed by atoms with Crippen LogP contribution in [0.5, 0.6) is 0 Å². The normalized spacial score (nSPS) is 23.9. The van der Waals surface area contributed by atoms with E-state index in [0.29, 0.717) is 5.92 Å². The number of urea groups is 1. The highest BCUT2D eigenvalue weighted by Crippen LogP contribution is 2.47. The number of carbonyl (C=O) groups excluding carboxylic acids is 1. The second kappa shape index (κ2) is 7.29. The average Bonchev–Trinajstić information content (AvgIpc) is 3.29. The Hall–Kier alpha value is -2.12. The van der Waals surface area contributed by atoms with E-state index in [1.807, 2.05) is 13.0 Å². The molecule has 2 aromatic rings. The molecule has 1 aromatic carbocycles. The highest BCUT2D eigenvalue weighted by atomic mass is 16.5. The quantitative estimate of drug-likeness (QED) is 0.817. The number of carbonyl (C=O) groups is 1. The number of nitrogens with one attached hydrogen (secondary N) is 2. The number of methoxy groups -OCH3 is 1. The van der Waals surface area contributed by atoms with Crippen molar-refractivity contribution in [2.45, 2.75) is 57.5 Å². The Labute approximate surface area is 171 Å². The fraction of sp³-hybridized carbons (Fsp3) is 0.636. The molecular formula is C22H30N4O3. The van der Waals surface area contributed by atoms with Crippen LogP contribution >= 0.6 is 0 Å². The first-order chi connectivity index (χ1) is 14.1. The summed E-state index contributed by atoms with van der Waals surface area (Å²) in [6, 6.07) is 1.93. The van der Waals surface area contributed by atoms with Crippen LogP contribution in [-0.4, -0.2) is 42.7 Å². The maximum atomic E-state index is 12.4. The average molecular weight is 399 g/mol. The van der Waals surface area contributed by atoms with Crippen LogP contribution in [0.1, 0.15) is 55.5 Å². The van der Waals surface area contributed by atoms with Gasteiger partial charge < -0.3 is 19.8 Å². The molecule has 0 radical (unpaired) electrons. The number of ether oxygens (including phenoxy) is 1. The molecule has 0 unspecified atom stereocenters. The fourth-order valence-corrected chi connectivity index (χ4v) is 5.50. The number of aromatic nitrogens is 1. The number of hydrogen-bond acceptors (Lipinski definition) is 5. The lowest BCUT2D eigenvalue weighted by Gasteiger charge is -2.42. The summed E-state index contributed by atoms with van der Waals surface area (Å²) in [4.78, 5) is 19.6. The van der Waals surface area contributed by atoms with Gasteiger partial charge in [0.15, 0.2) is 5.58 Å². The van der Waals surface area contributed by atoms with Gasteiger partial charge in [-0.25, -0.2) is 9.78 Å². The van der Waals surface area contributed by atoms with E-state index in [4.69, 9.17) is 14.1 Å². The largest absolute Gasteiger partial charge is 0.439 e. The molecule has 2 N–H and O–H groups in total. The van der Waals surface area contributed by atoms with Gasteiger partial charge in [-0.1, -0.05) is 19.3 Å². The molecule has 1 atom stereocenters. The number of aryl methyl sites for hydroxylation is 1. The maximum absolute atomic E-state index is 12.4. The van der Waals surface area contributed by atoms with E-state index < -0.39 is 0 Å². The molecule has 1 saturated carbocycles. The Kier molecular flexibility index (Phi) is 4.75. The standard InChI is InChI=1S/C22H30N4O3/c1-14-10-16-20(29-17(23-16)12-26-9-6-15(11-26)13-28-2)18-19(14)24-21(27)25-22(18)7-4-3-5-8-22/h10,15H,3-9,11-13H2,1-2H3,(H2,24,25,27)/t15-/m1/s1. The van der Waals surface area contributed by atoms with Crippen LogP contribution in [0.3, 0.4) is 0 Å². The molecule has 3 heterocycles. The molecule has 1 aliphatic carbocycles. The van der Waals surface area contributed by atoms with Crippen LogP contribution in [0.4, 0.5) is 10.5 Å². The summed E-state index contributed by atoms with van der Waals surface area (Å²) in [7, 11) is 1.77. The molecular weight excluding hydrogens is 368 g/mol. The Bertz CT molecular complexity index is 932. The third kappa shape index (κ3) is 3.30. The number of fused-ring (bicyclic) bond motifs is 4. The van der Waals surface area contributed by atoms with E-state index in [1.165, 1.54) is 6.42 Å². The molecule has 2 amide bonds. The first-order valence-electron chi connectivity index (χ1n) is 10.8. The van der Waals surface area contributed by atoms with Crippen LogP contribution in [0.2, 0.25) is 0 Å². The van der Waals surface area contributed by atoms with E-state index in [2.05, 4.69) is 15.5 Å². The van der Waals surface area contributed by atoms with E-state index in [1.54, 1.807) is 7.11 Å². The highest BCUT2D eigenvalue weighted by molar-refractivity contribution is 5.99. The molecule has 2 aliphatic heterocycles. The summed E-state index contributed by atoms with van der Waals surface area (Å²) in [5.74, 6) is 1.35. The molecule has 5 rings (SSSR count). The number of hydrogen-bond donors (Lipinski definition) is 2.